The van der Waals surface area contributed by atoms with Gasteiger partial charge in [-0.2, -0.15) is 0 Å². The van der Waals surface area contributed by atoms with Gasteiger partial charge in [0, 0.05) is 25.2 Å². The van der Waals surface area contributed by atoms with Crippen molar-refractivity contribution < 1.29 is 9.84 Å². The molecule has 3 nitrogen and oxygen atoms in total. The molecule has 3 heteroatoms. The Morgan fingerprint density at radius 2 is 1.62 bits per heavy atom. The van der Waals surface area contributed by atoms with E-state index in [1.165, 1.54) is 70.6 Å². The minimum atomic E-state index is 0.184. The van der Waals surface area contributed by atoms with Crippen LogP contribution in [0.1, 0.15) is 77.0 Å². The van der Waals surface area contributed by atoms with E-state index >= 15 is 0 Å². The first kappa shape index (κ1) is 15.8. The van der Waals surface area contributed by atoms with Gasteiger partial charge in [0.05, 0.1) is 12.2 Å². The van der Waals surface area contributed by atoms with Crippen molar-refractivity contribution in [2.24, 2.45) is 0 Å². The van der Waals surface area contributed by atoms with Crippen molar-refractivity contribution in [3.63, 3.8) is 0 Å². The Bertz CT molecular complexity index is 303. The van der Waals surface area contributed by atoms with Crippen LogP contribution in [0.2, 0.25) is 0 Å². The van der Waals surface area contributed by atoms with Crippen LogP contribution < -0.4 is 0 Å². The third-order valence-corrected chi connectivity index (χ3v) is 6.10. The van der Waals surface area contributed by atoms with E-state index in [2.05, 4.69) is 4.90 Å². The van der Waals surface area contributed by atoms with E-state index in [0.717, 1.165) is 25.6 Å². The number of hydrogen-bond acceptors (Lipinski definition) is 3. The first-order valence-corrected chi connectivity index (χ1v) is 9.34. The van der Waals surface area contributed by atoms with Gasteiger partial charge in [0.15, 0.2) is 0 Å². The molecule has 3 aliphatic rings. The van der Waals surface area contributed by atoms with Crippen LogP contribution in [0.4, 0.5) is 0 Å². The molecule has 2 aliphatic carbocycles. The minimum absolute atomic E-state index is 0.184. The first-order valence-electron chi connectivity index (χ1n) is 9.34. The molecule has 3 rings (SSSR count). The van der Waals surface area contributed by atoms with Crippen LogP contribution in [0, 0.1) is 0 Å². The second-order valence-corrected chi connectivity index (χ2v) is 7.49. The largest absolute Gasteiger partial charge is 0.395 e. The van der Waals surface area contributed by atoms with E-state index in [9.17, 15) is 5.11 Å². The maximum absolute atomic E-state index is 9.53. The molecule has 0 aromatic heterocycles. The van der Waals surface area contributed by atoms with Crippen LogP contribution in [-0.2, 0) is 4.74 Å². The van der Waals surface area contributed by atoms with E-state index in [1.54, 1.807) is 0 Å². The van der Waals surface area contributed by atoms with Gasteiger partial charge in [-0.15, -0.1) is 0 Å². The molecule has 0 aromatic carbocycles. The van der Waals surface area contributed by atoms with Crippen LogP contribution in [0.15, 0.2) is 0 Å². The van der Waals surface area contributed by atoms with Crippen molar-refractivity contribution in [2.45, 2.75) is 94.7 Å². The summed E-state index contributed by atoms with van der Waals surface area (Å²) in [5, 5.41) is 9.53. The van der Waals surface area contributed by atoms with E-state index in [0.29, 0.717) is 12.6 Å². The Hall–Kier alpha value is -0.120. The molecule has 1 saturated heterocycles. The van der Waals surface area contributed by atoms with Crippen LogP contribution in [0.25, 0.3) is 0 Å². The summed E-state index contributed by atoms with van der Waals surface area (Å²) in [6.07, 6.45) is 15.8. The summed E-state index contributed by atoms with van der Waals surface area (Å²) in [7, 11) is 0. The number of hydrogen-bond donors (Lipinski definition) is 1. The van der Waals surface area contributed by atoms with Crippen molar-refractivity contribution in [3.8, 4) is 0 Å². The lowest BCUT2D eigenvalue weighted by Gasteiger charge is -2.49. The van der Waals surface area contributed by atoms with Gasteiger partial charge in [-0.05, 0) is 38.5 Å². The Morgan fingerprint density at radius 1 is 0.905 bits per heavy atom. The smallest absolute Gasteiger partial charge is 0.0697 e. The summed E-state index contributed by atoms with van der Waals surface area (Å²) >= 11 is 0. The summed E-state index contributed by atoms with van der Waals surface area (Å²) in [4.78, 5) is 2.66. The van der Waals surface area contributed by atoms with Crippen molar-refractivity contribution in [3.05, 3.63) is 0 Å². The van der Waals surface area contributed by atoms with Gasteiger partial charge in [0.1, 0.15) is 0 Å². The number of aliphatic hydroxyl groups is 1. The van der Waals surface area contributed by atoms with Gasteiger partial charge in [-0.3, -0.25) is 4.90 Å². The molecular weight excluding hydrogens is 262 g/mol. The standard InChI is InChI=1S/C18H33NO2/c20-13-12-19(16-7-3-1-4-8-16)17-9-14-21-18(15-17)10-5-2-6-11-18/h16-17,20H,1-15H2. The van der Waals surface area contributed by atoms with Gasteiger partial charge < -0.3 is 9.84 Å². The molecule has 1 unspecified atom stereocenters. The lowest BCUT2D eigenvalue weighted by atomic mass is 9.77. The molecule has 21 heavy (non-hydrogen) atoms. The third-order valence-electron chi connectivity index (χ3n) is 6.10. The summed E-state index contributed by atoms with van der Waals surface area (Å²) < 4.78 is 6.26. The van der Waals surface area contributed by atoms with E-state index < -0.39 is 0 Å². The van der Waals surface area contributed by atoms with Gasteiger partial charge >= 0.3 is 0 Å². The second-order valence-electron chi connectivity index (χ2n) is 7.49. The van der Waals surface area contributed by atoms with Gasteiger partial charge in [0.25, 0.3) is 0 Å². The number of nitrogens with zero attached hydrogens (tertiary/aromatic N) is 1. The fourth-order valence-electron chi connectivity index (χ4n) is 5.02. The van der Waals surface area contributed by atoms with Gasteiger partial charge in [0.2, 0.25) is 0 Å². The van der Waals surface area contributed by atoms with Crippen molar-refractivity contribution in [1.29, 1.82) is 0 Å². The molecule has 1 heterocycles. The second kappa shape index (κ2) is 7.43. The molecule has 2 saturated carbocycles. The van der Waals surface area contributed by atoms with Gasteiger partial charge in [-0.1, -0.05) is 38.5 Å². The molecule has 0 amide bonds. The zero-order chi connectivity index (χ0) is 14.5. The highest BCUT2D eigenvalue weighted by Crippen LogP contribution is 2.40. The topological polar surface area (TPSA) is 32.7 Å². The normalized spacial score (nSPS) is 30.9. The molecule has 0 aromatic rings. The maximum Gasteiger partial charge on any atom is 0.0697 e. The minimum Gasteiger partial charge on any atom is -0.395 e. The summed E-state index contributed by atoms with van der Waals surface area (Å²) in [5.41, 5.74) is 0.184. The quantitative estimate of drug-likeness (QED) is 0.861. The summed E-state index contributed by atoms with van der Waals surface area (Å²) in [6.45, 7) is 2.10. The number of ether oxygens (including phenoxy) is 1. The highest BCUT2D eigenvalue weighted by atomic mass is 16.5. The average molecular weight is 295 g/mol. The molecule has 1 aliphatic heterocycles. The van der Waals surface area contributed by atoms with Crippen LogP contribution in [0.5, 0.6) is 0 Å². The lowest BCUT2D eigenvalue weighted by Crippen LogP contribution is -2.53. The lowest BCUT2D eigenvalue weighted by molar-refractivity contribution is -0.130. The first-order chi connectivity index (χ1) is 10.3. The molecule has 0 radical (unpaired) electrons. The fourth-order valence-corrected chi connectivity index (χ4v) is 5.02. The molecule has 1 N–H and O–H groups in total. The average Bonchev–Trinajstić information content (AvgIpc) is 2.54. The number of rotatable bonds is 4. The van der Waals surface area contributed by atoms with Crippen molar-refractivity contribution in [1.82, 2.24) is 4.90 Å². The predicted octanol–water partition coefficient (Wildman–Crippen LogP) is 3.50. The highest BCUT2D eigenvalue weighted by molar-refractivity contribution is 4.94. The summed E-state index contributed by atoms with van der Waals surface area (Å²) in [5.74, 6) is 0. The zero-order valence-electron chi connectivity index (χ0n) is 13.6. The van der Waals surface area contributed by atoms with Gasteiger partial charge in [-0.25, -0.2) is 0 Å². The Labute approximate surface area is 130 Å². The monoisotopic (exact) mass is 295 g/mol. The Kier molecular flexibility index (Phi) is 5.58. The predicted molar refractivity (Wildman–Crippen MR) is 85.5 cm³/mol. The molecular formula is C18H33NO2. The summed E-state index contributed by atoms with van der Waals surface area (Å²) in [6, 6.07) is 1.36. The van der Waals surface area contributed by atoms with E-state index in [-0.39, 0.29) is 5.60 Å². The SMILES string of the molecule is OCCN(C1CCCCC1)C1CCOC2(CCCCC2)C1. The zero-order valence-corrected chi connectivity index (χ0v) is 13.6. The van der Waals surface area contributed by atoms with E-state index in [1.807, 2.05) is 0 Å². The Morgan fingerprint density at radius 3 is 2.33 bits per heavy atom. The molecule has 1 spiro atoms. The molecule has 3 fully saturated rings. The fraction of sp³-hybridized carbons (Fsp3) is 1.00. The van der Waals surface area contributed by atoms with Crippen LogP contribution in [0.3, 0.4) is 0 Å². The van der Waals surface area contributed by atoms with Crippen molar-refractivity contribution in [2.75, 3.05) is 19.8 Å². The van der Waals surface area contributed by atoms with E-state index in [4.69, 9.17) is 4.74 Å². The molecule has 1 atom stereocenters. The highest BCUT2D eigenvalue weighted by Gasteiger charge is 2.41. The van der Waals surface area contributed by atoms with Crippen LogP contribution >= 0.6 is 0 Å². The Balaban J connectivity index is 1.66. The van der Waals surface area contributed by atoms with Crippen molar-refractivity contribution >= 4 is 0 Å². The maximum atomic E-state index is 9.53. The number of aliphatic hydroxyl groups excluding tert-OH is 1. The molecule has 0 bridgehead atoms. The third kappa shape index (κ3) is 3.80. The molecule has 122 valence electrons. The van der Waals surface area contributed by atoms with Crippen LogP contribution in [-0.4, -0.2) is 47.4 Å².